The molecule has 1 aliphatic heterocycles. The topological polar surface area (TPSA) is 82.6 Å². The molecule has 0 radical (unpaired) electrons. The highest BCUT2D eigenvalue weighted by molar-refractivity contribution is 6.28. The molecule has 1 fully saturated rings. The maximum Gasteiger partial charge on any atom is 0.305 e. The number of hydrogen-bond donors (Lipinski definition) is 1. The molecule has 0 aliphatic carbocycles. The minimum atomic E-state index is -2.94. The lowest BCUT2D eigenvalue weighted by Crippen LogP contribution is -2.18. The van der Waals surface area contributed by atoms with Gasteiger partial charge in [-0.3, -0.25) is 4.79 Å². The van der Waals surface area contributed by atoms with Crippen molar-refractivity contribution in [2.24, 2.45) is 0 Å². The van der Waals surface area contributed by atoms with E-state index in [-0.39, 0.29) is 42.1 Å². The first-order valence-electron chi connectivity index (χ1n) is 10.1. The van der Waals surface area contributed by atoms with Crippen LogP contribution in [-0.4, -0.2) is 35.8 Å². The lowest BCUT2D eigenvalue weighted by Gasteiger charge is -2.22. The molecule has 32 heavy (non-hydrogen) atoms. The Morgan fingerprint density at radius 1 is 1.28 bits per heavy atom. The predicted molar refractivity (Wildman–Crippen MR) is 110 cm³/mol. The van der Waals surface area contributed by atoms with E-state index in [1.807, 2.05) is 0 Å². The summed E-state index contributed by atoms with van der Waals surface area (Å²) in [6, 6.07) is 3.07. The van der Waals surface area contributed by atoms with Gasteiger partial charge in [0.1, 0.15) is 11.6 Å². The molecular weight excluding hydrogens is 451 g/mol. The quantitative estimate of drug-likeness (QED) is 0.409. The van der Waals surface area contributed by atoms with Gasteiger partial charge >= 0.3 is 5.97 Å². The lowest BCUT2D eigenvalue weighted by molar-refractivity contribution is -0.143. The molecule has 2 heterocycles. The van der Waals surface area contributed by atoms with E-state index in [9.17, 15) is 18.0 Å². The van der Waals surface area contributed by atoms with Crippen molar-refractivity contribution in [3.05, 3.63) is 51.7 Å². The second kappa shape index (κ2) is 10.9. The van der Waals surface area contributed by atoms with Crippen LogP contribution in [0.3, 0.4) is 0 Å². The number of halogens is 4. The van der Waals surface area contributed by atoms with Crippen LogP contribution in [0.1, 0.15) is 61.4 Å². The summed E-state index contributed by atoms with van der Waals surface area (Å²) in [5.41, 5.74) is 0.210. The van der Waals surface area contributed by atoms with E-state index in [1.165, 1.54) is 12.1 Å². The van der Waals surface area contributed by atoms with Gasteiger partial charge in [-0.05, 0) is 18.5 Å². The number of nitrogens with zero attached hydrogens (tertiary/aromatic N) is 2. The Morgan fingerprint density at radius 2 is 1.97 bits per heavy atom. The molecular formula is C21H23ClF3N3O4. The maximum absolute atomic E-state index is 14.6. The Labute approximate surface area is 188 Å². The fourth-order valence-corrected chi connectivity index (χ4v) is 3.46. The molecule has 1 aliphatic rings. The summed E-state index contributed by atoms with van der Waals surface area (Å²) in [5.74, 6) is -1.14. The van der Waals surface area contributed by atoms with Crippen LogP contribution in [0.15, 0.2) is 18.2 Å². The van der Waals surface area contributed by atoms with Crippen molar-refractivity contribution in [3.63, 3.8) is 0 Å². The van der Waals surface area contributed by atoms with Crippen molar-refractivity contribution < 1.29 is 32.2 Å². The van der Waals surface area contributed by atoms with Gasteiger partial charge in [-0.2, -0.15) is 0 Å². The van der Waals surface area contributed by atoms with Crippen LogP contribution in [0.5, 0.6) is 0 Å². The normalized spacial score (nSPS) is 15.2. The summed E-state index contributed by atoms with van der Waals surface area (Å²) >= 11 is 6.10. The van der Waals surface area contributed by atoms with E-state index >= 15 is 0 Å². The highest BCUT2D eigenvalue weighted by Crippen LogP contribution is 2.35. The molecule has 1 N–H and O–H groups in total. The number of anilines is 1. The van der Waals surface area contributed by atoms with Gasteiger partial charge in [0.05, 0.1) is 42.7 Å². The summed E-state index contributed by atoms with van der Waals surface area (Å²) in [6.07, 6.45) is -3.30. The van der Waals surface area contributed by atoms with Crippen molar-refractivity contribution in [1.29, 1.82) is 0 Å². The molecule has 3 rings (SSSR count). The molecule has 174 valence electrons. The fraction of sp³-hybridized carbons (Fsp3) is 0.476. The Bertz CT molecular complexity index is 958. The molecule has 2 aromatic rings. The first-order chi connectivity index (χ1) is 15.3. The molecule has 0 bridgehead atoms. The predicted octanol–water partition coefficient (Wildman–Crippen LogP) is 4.92. The average Bonchev–Trinajstić information content (AvgIpc) is 3.27. The van der Waals surface area contributed by atoms with Crippen LogP contribution < -0.4 is 5.32 Å². The molecule has 7 nitrogen and oxygen atoms in total. The number of ether oxygens (including phenoxy) is 3. The minimum absolute atomic E-state index is 0.0372. The van der Waals surface area contributed by atoms with Crippen LogP contribution in [-0.2, 0) is 25.4 Å². The summed E-state index contributed by atoms with van der Waals surface area (Å²) in [4.78, 5) is 19.9. The zero-order valence-corrected chi connectivity index (χ0v) is 18.3. The first-order valence-corrected chi connectivity index (χ1v) is 10.5. The fourth-order valence-electron chi connectivity index (χ4n) is 3.28. The van der Waals surface area contributed by atoms with Gasteiger partial charge in [-0.15, -0.1) is 0 Å². The van der Waals surface area contributed by atoms with E-state index in [0.717, 1.165) is 6.07 Å². The molecule has 11 heteroatoms. The van der Waals surface area contributed by atoms with E-state index in [0.29, 0.717) is 24.5 Å². The van der Waals surface area contributed by atoms with Crippen molar-refractivity contribution in [2.75, 3.05) is 25.1 Å². The molecule has 0 saturated carbocycles. The second-order valence-corrected chi connectivity index (χ2v) is 7.35. The van der Waals surface area contributed by atoms with Gasteiger partial charge in [0, 0.05) is 18.4 Å². The molecule has 1 saturated heterocycles. The molecule has 0 unspecified atom stereocenters. The number of aromatic nitrogens is 2. The van der Waals surface area contributed by atoms with Gasteiger partial charge < -0.3 is 19.5 Å². The highest BCUT2D eigenvalue weighted by Gasteiger charge is 2.29. The third-order valence-electron chi connectivity index (χ3n) is 4.86. The van der Waals surface area contributed by atoms with E-state index in [4.69, 9.17) is 25.8 Å². The second-order valence-electron chi connectivity index (χ2n) is 7.02. The monoisotopic (exact) mass is 473 g/mol. The summed E-state index contributed by atoms with van der Waals surface area (Å²) < 4.78 is 57.2. The van der Waals surface area contributed by atoms with E-state index in [1.54, 1.807) is 13.8 Å². The Hall–Kier alpha value is -2.43. The van der Waals surface area contributed by atoms with Crippen LogP contribution in [0, 0.1) is 5.82 Å². The van der Waals surface area contributed by atoms with Crippen LogP contribution in [0.25, 0.3) is 0 Å². The standard InChI is InChI=1S/C21H23ClF3N3O4/c1-3-15(29)30-8-7-14-16(20-31-9-10-32-20)19(28-21(22)27-14)26-11(2)12-5-4-6-13(17(12)23)18(24)25/h4-6,11,18,20H,3,7-10H2,1-2H3,(H,26,27,28)/t11-/m1/s1. The number of nitrogens with one attached hydrogen (secondary N) is 1. The average molecular weight is 474 g/mol. The van der Waals surface area contributed by atoms with Gasteiger partial charge in [-0.1, -0.05) is 25.1 Å². The van der Waals surface area contributed by atoms with Crippen molar-refractivity contribution in [2.45, 2.75) is 45.4 Å². The number of carbonyl (C=O) groups is 1. The minimum Gasteiger partial charge on any atom is -0.465 e. The van der Waals surface area contributed by atoms with E-state index < -0.39 is 30.1 Å². The van der Waals surface area contributed by atoms with Gasteiger partial charge in [0.15, 0.2) is 6.29 Å². The maximum atomic E-state index is 14.6. The summed E-state index contributed by atoms with van der Waals surface area (Å²) in [6.45, 7) is 4.03. The van der Waals surface area contributed by atoms with Crippen molar-refractivity contribution in [3.8, 4) is 0 Å². The van der Waals surface area contributed by atoms with Crippen molar-refractivity contribution >= 4 is 23.4 Å². The number of alkyl halides is 2. The number of hydrogen-bond acceptors (Lipinski definition) is 7. The third kappa shape index (κ3) is 5.67. The van der Waals surface area contributed by atoms with Gasteiger partial charge in [-0.25, -0.2) is 23.1 Å². The number of esters is 1. The van der Waals surface area contributed by atoms with Crippen molar-refractivity contribution in [1.82, 2.24) is 9.97 Å². The van der Waals surface area contributed by atoms with E-state index in [2.05, 4.69) is 15.3 Å². The van der Waals surface area contributed by atoms with Gasteiger partial charge in [0.2, 0.25) is 5.28 Å². The largest absolute Gasteiger partial charge is 0.465 e. The lowest BCUT2D eigenvalue weighted by atomic mass is 10.0. The highest BCUT2D eigenvalue weighted by atomic mass is 35.5. The first kappa shape index (κ1) is 24.2. The molecule has 1 aromatic carbocycles. The SMILES string of the molecule is CCC(=O)OCCc1nc(Cl)nc(N[C@H](C)c2cccc(C(F)F)c2F)c1C1OCCO1. The number of carbonyl (C=O) groups excluding carboxylic acids is 1. The Balaban J connectivity index is 1.93. The molecule has 0 amide bonds. The Morgan fingerprint density at radius 3 is 2.62 bits per heavy atom. The molecule has 0 spiro atoms. The van der Waals surface area contributed by atoms with Crippen LogP contribution >= 0.6 is 11.6 Å². The van der Waals surface area contributed by atoms with Crippen LogP contribution in [0.4, 0.5) is 19.0 Å². The number of rotatable bonds is 9. The van der Waals surface area contributed by atoms with Gasteiger partial charge in [0.25, 0.3) is 6.43 Å². The zero-order valence-electron chi connectivity index (χ0n) is 17.5. The Kier molecular flexibility index (Phi) is 8.27. The summed E-state index contributed by atoms with van der Waals surface area (Å²) in [7, 11) is 0. The zero-order chi connectivity index (χ0) is 23.3. The molecule has 1 atom stereocenters. The number of benzene rings is 1. The van der Waals surface area contributed by atoms with Crippen LogP contribution in [0.2, 0.25) is 5.28 Å². The smallest absolute Gasteiger partial charge is 0.305 e. The summed E-state index contributed by atoms with van der Waals surface area (Å²) in [5, 5.41) is 2.92. The third-order valence-corrected chi connectivity index (χ3v) is 5.03. The molecule has 1 aromatic heterocycles.